The maximum absolute atomic E-state index is 12.4. The van der Waals surface area contributed by atoms with Crippen LogP contribution in [0.1, 0.15) is 11.1 Å². The van der Waals surface area contributed by atoms with Crippen LogP contribution in [-0.2, 0) is 6.18 Å². The van der Waals surface area contributed by atoms with Gasteiger partial charge in [0.1, 0.15) is 0 Å². The molecule has 0 aliphatic carbocycles. The number of nitrogens with zero attached hydrogens (tertiary/aromatic N) is 1. The molecule has 0 fully saturated rings. The van der Waals surface area contributed by atoms with Crippen LogP contribution in [0, 0.1) is 0 Å². The van der Waals surface area contributed by atoms with E-state index in [9.17, 15) is 13.2 Å². The highest BCUT2D eigenvalue weighted by molar-refractivity contribution is 6.69. The van der Waals surface area contributed by atoms with E-state index in [1.54, 1.807) is 0 Å². The number of alkyl halides is 3. The van der Waals surface area contributed by atoms with Crippen molar-refractivity contribution in [3.63, 3.8) is 0 Å². The molecular weight excluding hydrogens is 254 g/mol. The van der Waals surface area contributed by atoms with E-state index in [0.717, 1.165) is 6.07 Å². The van der Waals surface area contributed by atoms with Crippen molar-refractivity contribution >= 4 is 28.4 Å². The summed E-state index contributed by atoms with van der Waals surface area (Å²) < 4.78 is 37.1. The number of benzene rings is 1. The fourth-order valence-corrected chi connectivity index (χ4v) is 1.27. The van der Waals surface area contributed by atoms with E-state index >= 15 is 0 Å². The molecule has 82 valence electrons. The van der Waals surface area contributed by atoms with Gasteiger partial charge in [0.15, 0.2) is 5.17 Å². The zero-order valence-corrected chi connectivity index (χ0v) is 8.53. The van der Waals surface area contributed by atoms with Gasteiger partial charge in [-0.15, -0.1) is 0 Å². The molecular formula is C8H4Cl2F3NO. The average molecular weight is 258 g/mol. The second-order valence-corrected chi connectivity index (χ2v) is 3.35. The normalized spacial score (nSPS) is 13.0. The molecule has 0 atom stereocenters. The maximum Gasteiger partial charge on any atom is 0.417 e. The van der Waals surface area contributed by atoms with E-state index in [1.165, 1.54) is 6.07 Å². The van der Waals surface area contributed by atoms with E-state index < -0.39 is 21.9 Å². The van der Waals surface area contributed by atoms with Crippen molar-refractivity contribution in [1.82, 2.24) is 0 Å². The van der Waals surface area contributed by atoms with Crippen molar-refractivity contribution in [2.75, 3.05) is 0 Å². The Morgan fingerprint density at radius 3 is 2.40 bits per heavy atom. The Labute approximate surface area is 92.9 Å². The minimum absolute atomic E-state index is 0.0594. The first kappa shape index (κ1) is 12.1. The van der Waals surface area contributed by atoms with Crippen molar-refractivity contribution in [3.8, 4) is 0 Å². The molecule has 0 saturated carbocycles. The predicted molar refractivity (Wildman–Crippen MR) is 50.6 cm³/mol. The quantitative estimate of drug-likeness (QED) is 0.464. The number of hydrogen-bond acceptors (Lipinski definition) is 2. The van der Waals surface area contributed by atoms with Crippen molar-refractivity contribution < 1.29 is 18.4 Å². The minimum Gasteiger partial charge on any atom is -0.410 e. The summed E-state index contributed by atoms with van der Waals surface area (Å²) in [6.45, 7) is 0. The topological polar surface area (TPSA) is 32.6 Å². The van der Waals surface area contributed by atoms with Crippen LogP contribution >= 0.6 is 23.2 Å². The molecule has 1 N–H and O–H groups in total. The zero-order chi connectivity index (χ0) is 11.6. The van der Waals surface area contributed by atoms with Gasteiger partial charge >= 0.3 is 6.18 Å². The standard InChI is InChI=1S/C8H4Cl2F3NO/c9-6-2-1-4(7(10)14-15)3-5(6)8(11,12)13/h1-3,15H/b14-7-. The van der Waals surface area contributed by atoms with Crippen LogP contribution in [-0.4, -0.2) is 10.4 Å². The van der Waals surface area contributed by atoms with Crippen LogP contribution < -0.4 is 0 Å². The van der Waals surface area contributed by atoms with E-state index in [4.69, 9.17) is 28.4 Å². The Kier molecular flexibility index (Phi) is 3.46. The van der Waals surface area contributed by atoms with Crippen LogP contribution in [0.3, 0.4) is 0 Å². The molecule has 7 heteroatoms. The Bertz CT molecular complexity index is 403. The van der Waals surface area contributed by atoms with Crippen molar-refractivity contribution in [3.05, 3.63) is 34.3 Å². The van der Waals surface area contributed by atoms with E-state index in [2.05, 4.69) is 5.16 Å². The average Bonchev–Trinajstić information content (AvgIpc) is 2.15. The summed E-state index contributed by atoms with van der Waals surface area (Å²) in [5.74, 6) is 0. The molecule has 0 heterocycles. The minimum atomic E-state index is -4.57. The molecule has 0 radical (unpaired) electrons. The monoisotopic (exact) mass is 257 g/mol. The van der Waals surface area contributed by atoms with E-state index in [1.807, 2.05) is 0 Å². The van der Waals surface area contributed by atoms with E-state index in [0.29, 0.717) is 6.07 Å². The Morgan fingerprint density at radius 1 is 1.33 bits per heavy atom. The first-order valence-corrected chi connectivity index (χ1v) is 4.36. The molecule has 0 spiro atoms. The van der Waals surface area contributed by atoms with E-state index in [-0.39, 0.29) is 5.56 Å². The fourth-order valence-electron chi connectivity index (χ4n) is 0.929. The van der Waals surface area contributed by atoms with Crippen LogP contribution in [0.4, 0.5) is 13.2 Å². The van der Waals surface area contributed by atoms with Crippen LogP contribution in [0.15, 0.2) is 23.4 Å². The van der Waals surface area contributed by atoms with Crippen molar-refractivity contribution in [2.24, 2.45) is 5.16 Å². The summed E-state index contributed by atoms with van der Waals surface area (Å²) >= 11 is 10.7. The molecule has 0 saturated heterocycles. The van der Waals surface area contributed by atoms with Gasteiger partial charge in [0.05, 0.1) is 10.6 Å². The van der Waals surface area contributed by atoms with Crippen molar-refractivity contribution in [1.29, 1.82) is 0 Å². The Balaban J connectivity index is 3.29. The van der Waals surface area contributed by atoms with Gasteiger partial charge in [-0.2, -0.15) is 13.2 Å². The molecule has 0 aliphatic rings. The molecule has 0 bridgehead atoms. The second kappa shape index (κ2) is 4.28. The third-order valence-electron chi connectivity index (χ3n) is 1.60. The van der Waals surface area contributed by atoms with Gasteiger partial charge in [-0.1, -0.05) is 34.4 Å². The van der Waals surface area contributed by atoms with Crippen LogP contribution in [0.2, 0.25) is 5.02 Å². The molecule has 2 nitrogen and oxygen atoms in total. The highest BCUT2D eigenvalue weighted by atomic mass is 35.5. The second-order valence-electron chi connectivity index (χ2n) is 2.58. The summed E-state index contributed by atoms with van der Waals surface area (Å²) in [5.41, 5.74) is -1.08. The predicted octanol–water partition coefficient (Wildman–Crippen LogP) is 3.73. The third-order valence-corrected chi connectivity index (χ3v) is 2.22. The van der Waals surface area contributed by atoms with Gasteiger partial charge in [-0.05, 0) is 12.1 Å². The summed E-state index contributed by atoms with van der Waals surface area (Å²) in [7, 11) is 0. The van der Waals surface area contributed by atoms with Gasteiger partial charge in [0.25, 0.3) is 0 Å². The van der Waals surface area contributed by atoms with Gasteiger partial charge in [0, 0.05) is 5.56 Å². The molecule has 0 aliphatic heterocycles. The van der Waals surface area contributed by atoms with Crippen LogP contribution in [0.25, 0.3) is 0 Å². The molecule has 0 unspecified atom stereocenters. The van der Waals surface area contributed by atoms with Gasteiger partial charge in [0.2, 0.25) is 0 Å². The molecule has 0 amide bonds. The zero-order valence-electron chi connectivity index (χ0n) is 7.02. The highest BCUT2D eigenvalue weighted by Gasteiger charge is 2.33. The lowest BCUT2D eigenvalue weighted by Gasteiger charge is -2.09. The van der Waals surface area contributed by atoms with Crippen molar-refractivity contribution in [2.45, 2.75) is 6.18 Å². The molecule has 1 rings (SSSR count). The first-order valence-electron chi connectivity index (χ1n) is 3.61. The van der Waals surface area contributed by atoms with Crippen LogP contribution in [0.5, 0.6) is 0 Å². The van der Waals surface area contributed by atoms with Gasteiger partial charge < -0.3 is 5.21 Å². The lowest BCUT2D eigenvalue weighted by molar-refractivity contribution is -0.137. The van der Waals surface area contributed by atoms with Gasteiger partial charge in [-0.25, -0.2) is 0 Å². The lowest BCUT2D eigenvalue weighted by atomic mass is 10.1. The number of rotatable bonds is 1. The molecule has 1 aromatic rings. The number of halogens is 5. The number of hydrogen-bond donors (Lipinski definition) is 1. The maximum atomic E-state index is 12.4. The Morgan fingerprint density at radius 2 is 1.93 bits per heavy atom. The summed E-state index contributed by atoms with van der Waals surface area (Å²) in [5, 5.41) is 10.0. The summed E-state index contributed by atoms with van der Waals surface area (Å²) in [6, 6.07) is 2.97. The summed E-state index contributed by atoms with van der Waals surface area (Å²) in [6.07, 6.45) is -4.57. The highest BCUT2D eigenvalue weighted by Crippen LogP contribution is 2.35. The molecule has 0 aromatic heterocycles. The number of oxime groups is 1. The molecule has 15 heavy (non-hydrogen) atoms. The fraction of sp³-hybridized carbons (Fsp3) is 0.125. The van der Waals surface area contributed by atoms with Gasteiger partial charge in [-0.3, -0.25) is 0 Å². The first-order chi connectivity index (χ1) is 6.86. The molecule has 1 aromatic carbocycles. The lowest BCUT2D eigenvalue weighted by Crippen LogP contribution is -2.07. The Hall–Kier alpha value is -0.940. The third kappa shape index (κ3) is 2.76. The largest absolute Gasteiger partial charge is 0.417 e. The summed E-state index contributed by atoms with van der Waals surface area (Å²) in [4.78, 5) is 0. The smallest absolute Gasteiger partial charge is 0.410 e. The SMILES string of the molecule is O/N=C(\Cl)c1ccc(Cl)c(C(F)(F)F)c1.